The van der Waals surface area contributed by atoms with E-state index in [1.165, 1.54) is 11.8 Å². The van der Waals surface area contributed by atoms with E-state index in [0.717, 1.165) is 5.75 Å². The number of ether oxygens (including phenoxy) is 1. The fourth-order valence-corrected chi connectivity index (χ4v) is 3.33. The summed E-state index contributed by atoms with van der Waals surface area (Å²) in [5.41, 5.74) is 1.31. The Morgan fingerprint density at radius 2 is 1.96 bits per heavy atom. The summed E-state index contributed by atoms with van der Waals surface area (Å²) in [6, 6.07) is 16.5. The van der Waals surface area contributed by atoms with Crippen molar-refractivity contribution >= 4 is 22.7 Å². The average Bonchev–Trinajstić information content (AvgIpc) is 2.66. The van der Waals surface area contributed by atoms with E-state index in [9.17, 15) is 4.79 Å². The Kier molecular flexibility index (Phi) is 5.36. The summed E-state index contributed by atoms with van der Waals surface area (Å²) < 4.78 is 7.36. The predicted octanol–water partition coefficient (Wildman–Crippen LogP) is 3.46. The lowest BCUT2D eigenvalue weighted by Gasteiger charge is -2.11. The molecule has 5 nitrogen and oxygen atoms in total. The molecule has 0 fully saturated rings. The molecule has 0 amide bonds. The van der Waals surface area contributed by atoms with Crippen molar-refractivity contribution in [2.75, 3.05) is 12.4 Å². The molecule has 0 aliphatic carbocycles. The molecule has 0 aliphatic rings. The Hall–Kier alpha value is -2.78. The minimum atomic E-state index is -0.0105. The van der Waals surface area contributed by atoms with Crippen LogP contribution in [0.5, 0.6) is 5.75 Å². The van der Waals surface area contributed by atoms with Gasteiger partial charge in [0.15, 0.2) is 5.16 Å². The normalized spacial score (nSPS) is 10.6. The molecule has 0 atom stereocenters. The molecule has 0 unspecified atom stereocenters. The Balaban J connectivity index is 1.68. The van der Waals surface area contributed by atoms with Gasteiger partial charge in [-0.3, -0.25) is 9.36 Å². The number of nitriles is 1. The van der Waals surface area contributed by atoms with Gasteiger partial charge in [0.2, 0.25) is 0 Å². The highest BCUT2D eigenvalue weighted by Gasteiger charge is 2.10. The van der Waals surface area contributed by atoms with Crippen LogP contribution >= 0.6 is 11.8 Å². The standard InChI is InChI=1S/C19H17N3O2S/c1-2-22-18(23)16-5-3-4-6-17(16)21-19(22)25-12-11-24-15-9-7-14(13-20)8-10-15/h3-10H,2,11-12H2,1H3. The van der Waals surface area contributed by atoms with E-state index in [2.05, 4.69) is 11.1 Å². The van der Waals surface area contributed by atoms with Crippen LogP contribution in [-0.4, -0.2) is 21.9 Å². The number of thioether (sulfide) groups is 1. The van der Waals surface area contributed by atoms with E-state index in [-0.39, 0.29) is 5.56 Å². The fourth-order valence-electron chi connectivity index (χ4n) is 2.45. The highest BCUT2D eigenvalue weighted by atomic mass is 32.2. The summed E-state index contributed by atoms with van der Waals surface area (Å²) in [4.78, 5) is 17.2. The molecule has 0 saturated heterocycles. The fraction of sp³-hybridized carbons (Fsp3) is 0.211. The summed E-state index contributed by atoms with van der Waals surface area (Å²) in [7, 11) is 0. The zero-order valence-corrected chi connectivity index (χ0v) is 14.6. The first kappa shape index (κ1) is 17.1. The van der Waals surface area contributed by atoms with Crippen molar-refractivity contribution in [3.63, 3.8) is 0 Å². The van der Waals surface area contributed by atoms with E-state index in [1.807, 2.05) is 25.1 Å². The van der Waals surface area contributed by atoms with Gasteiger partial charge in [-0.2, -0.15) is 5.26 Å². The first-order valence-electron chi connectivity index (χ1n) is 7.98. The molecular weight excluding hydrogens is 334 g/mol. The van der Waals surface area contributed by atoms with Gasteiger partial charge >= 0.3 is 0 Å². The van der Waals surface area contributed by atoms with Crippen molar-refractivity contribution < 1.29 is 4.74 Å². The summed E-state index contributed by atoms with van der Waals surface area (Å²) >= 11 is 1.50. The SMILES string of the molecule is CCn1c(SCCOc2ccc(C#N)cc2)nc2ccccc2c1=O. The Morgan fingerprint density at radius 1 is 1.20 bits per heavy atom. The lowest BCUT2D eigenvalue weighted by molar-refractivity contribution is 0.343. The molecule has 1 heterocycles. The molecule has 2 aromatic carbocycles. The molecule has 0 bridgehead atoms. The predicted molar refractivity (Wildman–Crippen MR) is 99.1 cm³/mol. The number of benzene rings is 2. The minimum Gasteiger partial charge on any atom is -0.493 e. The van der Waals surface area contributed by atoms with Gasteiger partial charge in [0.1, 0.15) is 5.75 Å². The second-order valence-corrected chi connectivity index (χ2v) is 6.36. The Labute approximate surface area is 149 Å². The summed E-state index contributed by atoms with van der Waals surface area (Å²) in [5, 5.41) is 10.1. The van der Waals surface area contributed by atoms with Crippen LogP contribution in [0.15, 0.2) is 58.5 Å². The molecule has 6 heteroatoms. The highest BCUT2D eigenvalue weighted by molar-refractivity contribution is 7.99. The molecule has 0 saturated carbocycles. The zero-order valence-electron chi connectivity index (χ0n) is 13.8. The number of aromatic nitrogens is 2. The third kappa shape index (κ3) is 3.83. The monoisotopic (exact) mass is 351 g/mol. The van der Waals surface area contributed by atoms with Crippen molar-refractivity contribution in [1.82, 2.24) is 9.55 Å². The van der Waals surface area contributed by atoms with Crippen molar-refractivity contribution in [2.45, 2.75) is 18.6 Å². The van der Waals surface area contributed by atoms with Crippen molar-refractivity contribution in [1.29, 1.82) is 5.26 Å². The van der Waals surface area contributed by atoms with E-state index in [1.54, 1.807) is 34.9 Å². The molecule has 0 radical (unpaired) electrons. The number of hydrogen-bond acceptors (Lipinski definition) is 5. The third-order valence-electron chi connectivity index (χ3n) is 3.71. The van der Waals surface area contributed by atoms with Gasteiger partial charge in [-0.15, -0.1) is 0 Å². The molecule has 0 spiro atoms. The number of fused-ring (bicyclic) bond motifs is 1. The second-order valence-electron chi connectivity index (χ2n) is 5.29. The number of hydrogen-bond donors (Lipinski definition) is 0. The molecule has 0 N–H and O–H groups in total. The molecule has 3 rings (SSSR count). The zero-order chi connectivity index (χ0) is 17.6. The summed E-state index contributed by atoms with van der Waals surface area (Å²) in [5.74, 6) is 1.39. The number of para-hydroxylation sites is 1. The molecule has 25 heavy (non-hydrogen) atoms. The van der Waals surface area contributed by atoms with E-state index in [4.69, 9.17) is 10.00 Å². The molecule has 1 aromatic heterocycles. The summed E-state index contributed by atoms with van der Waals surface area (Å²) in [6.45, 7) is 3.01. The second kappa shape index (κ2) is 7.86. The van der Waals surface area contributed by atoms with Crippen LogP contribution in [0, 0.1) is 11.3 Å². The summed E-state index contributed by atoms with van der Waals surface area (Å²) in [6.07, 6.45) is 0. The van der Waals surface area contributed by atoms with Crippen LogP contribution in [0.1, 0.15) is 12.5 Å². The smallest absolute Gasteiger partial charge is 0.262 e. The van der Waals surface area contributed by atoms with Gasteiger partial charge in [0, 0.05) is 12.3 Å². The average molecular weight is 351 g/mol. The van der Waals surface area contributed by atoms with Gasteiger partial charge in [0.05, 0.1) is 29.1 Å². The van der Waals surface area contributed by atoms with Crippen LogP contribution in [0.2, 0.25) is 0 Å². The van der Waals surface area contributed by atoms with Crippen molar-refractivity contribution in [2.24, 2.45) is 0 Å². The van der Waals surface area contributed by atoms with Crippen LogP contribution in [0.4, 0.5) is 0 Å². The molecular formula is C19H17N3O2S. The first-order valence-corrected chi connectivity index (χ1v) is 8.97. The maximum Gasteiger partial charge on any atom is 0.262 e. The van der Waals surface area contributed by atoms with E-state index >= 15 is 0 Å². The van der Waals surface area contributed by atoms with Crippen LogP contribution in [-0.2, 0) is 6.54 Å². The van der Waals surface area contributed by atoms with Gasteiger partial charge in [-0.1, -0.05) is 23.9 Å². The molecule has 126 valence electrons. The Bertz CT molecular complexity index is 975. The maximum absolute atomic E-state index is 12.5. The minimum absolute atomic E-state index is 0.0105. The first-order chi connectivity index (χ1) is 12.2. The van der Waals surface area contributed by atoms with Gasteiger partial charge < -0.3 is 4.74 Å². The highest BCUT2D eigenvalue weighted by Crippen LogP contribution is 2.18. The van der Waals surface area contributed by atoms with Crippen molar-refractivity contribution in [3.8, 4) is 11.8 Å². The largest absolute Gasteiger partial charge is 0.493 e. The van der Waals surface area contributed by atoms with E-state index < -0.39 is 0 Å². The third-order valence-corrected chi connectivity index (χ3v) is 4.65. The number of nitrogens with zero attached hydrogens (tertiary/aromatic N) is 3. The topological polar surface area (TPSA) is 67.9 Å². The van der Waals surface area contributed by atoms with Crippen molar-refractivity contribution in [3.05, 3.63) is 64.4 Å². The Morgan fingerprint density at radius 3 is 2.68 bits per heavy atom. The van der Waals surface area contributed by atoms with Crippen LogP contribution in [0.25, 0.3) is 10.9 Å². The van der Waals surface area contributed by atoms with Gasteiger partial charge in [0.25, 0.3) is 5.56 Å². The maximum atomic E-state index is 12.5. The lowest BCUT2D eigenvalue weighted by atomic mass is 10.2. The van der Waals surface area contributed by atoms with Crippen LogP contribution in [0.3, 0.4) is 0 Å². The molecule has 3 aromatic rings. The molecule has 0 aliphatic heterocycles. The van der Waals surface area contributed by atoms with E-state index in [0.29, 0.717) is 40.5 Å². The van der Waals surface area contributed by atoms with Gasteiger partial charge in [-0.05, 0) is 43.3 Å². The quantitative estimate of drug-likeness (QED) is 0.386. The number of rotatable bonds is 6. The van der Waals surface area contributed by atoms with Gasteiger partial charge in [-0.25, -0.2) is 4.98 Å². The van der Waals surface area contributed by atoms with Crippen LogP contribution < -0.4 is 10.3 Å². The lowest BCUT2D eigenvalue weighted by Crippen LogP contribution is -2.22.